The molecule has 0 bridgehead atoms. The highest BCUT2D eigenvalue weighted by Crippen LogP contribution is 2.46. The number of aliphatic carboxylic acids is 1. The van der Waals surface area contributed by atoms with Crippen LogP contribution >= 0.6 is 0 Å². The van der Waals surface area contributed by atoms with Gasteiger partial charge in [-0.3, -0.25) is 19.2 Å². The molecule has 8 atom stereocenters. The lowest BCUT2D eigenvalue weighted by Crippen LogP contribution is -2.60. The Morgan fingerprint density at radius 3 is 2.23 bits per heavy atom. The minimum Gasteiger partial charge on any atom is -0.507 e. The Hall–Kier alpha value is -3.68. The first kappa shape index (κ1) is 29.4. The van der Waals surface area contributed by atoms with Gasteiger partial charge in [-0.05, 0) is 38.5 Å². The van der Waals surface area contributed by atoms with Crippen LogP contribution in [0.3, 0.4) is 0 Å². The SMILES string of the molecule is C[C@@H]1O[C@H]2O[C@@H]3[C@@H](C)O[C@H](c4ccc5c(c4O)C(=O)c4ccc(C[C@@](C)(O)CC(=O)O)c(O)c4C5=O)C[C@H]3O[C@H]2CC1=O. The van der Waals surface area contributed by atoms with Crippen molar-refractivity contribution in [2.45, 2.75) is 95.0 Å². The van der Waals surface area contributed by atoms with Crippen LogP contribution in [0.2, 0.25) is 0 Å². The summed E-state index contributed by atoms with van der Waals surface area (Å²) in [4.78, 5) is 50.5. The molecule has 6 rings (SSSR count). The lowest BCUT2D eigenvalue weighted by atomic mass is 9.79. The maximum atomic E-state index is 13.6. The highest BCUT2D eigenvalue weighted by Gasteiger charge is 2.50. The number of carboxylic acid groups (broad SMARTS) is 1. The van der Waals surface area contributed by atoms with Crippen LogP contribution in [0.25, 0.3) is 0 Å². The summed E-state index contributed by atoms with van der Waals surface area (Å²) >= 11 is 0. The highest BCUT2D eigenvalue weighted by molar-refractivity contribution is 6.30. The van der Waals surface area contributed by atoms with Crippen LogP contribution in [0.4, 0.5) is 0 Å². The molecular formula is C31H32O12. The first-order chi connectivity index (χ1) is 20.3. The van der Waals surface area contributed by atoms with E-state index in [0.717, 1.165) is 0 Å². The number of benzene rings is 2. The molecule has 4 N–H and O–H groups in total. The molecule has 0 aromatic heterocycles. The van der Waals surface area contributed by atoms with Gasteiger partial charge in [0.1, 0.15) is 29.8 Å². The van der Waals surface area contributed by atoms with Gasteiger partial charge in [0.2, 0.25) is 0 Å². The van der Waals surface area contributed by atoms with Crippen LogP contribution in [0.1, 0.15) is 89.1 Å². The molecule has 2 aromatic rings. The second-order valence-electron chi connectivity index (χ2n) is 12.0. The molecule has 0 saturated carbocycles. The van der Waals surface area contributed by atoms with E-state index in [0.29, 0.717) is 0 Å². The van der Waals surface area contributed by atoms with Crippen LogP contribution in [-0.4, -0.2) is 86.2 Å². The molecule has 3 fully saturated rings. The van der Waals surface area contributed by atoms with Gasteiger partial charge in [0.05, 0.1) is 41.5 Å². The van der Waals surface area contributed by atoms with E-state index in [9.17, 15) is 34.5 Å². The number of phenols is 2. The van der Waals surface area contributed by atoms with Gasteiger partial charge in [0, 0.05) is 36.0 Å². The molecule has 43 heavy (non-hydrogen) atoms. The number of phenolic OH excluding ortho intramolecular Hbond substituents is 2. The molecule has 228 valence electrons. The fourth-order valence-corrected chi connectivity index (χ4v) is 6.56. The van der Waals surface area contributed by atoms with Crippen molar-refractivity contribution in [1.82, 2.24) is 0 Å². The van der Waals surface area contributed by atoms with E-state index in [1.165, 1.54) is 31.2 Å². The molecule has 4 aliphatic rings. The lowest BCUT2D eigenvalue weighted by molar-refractivity contribution is -0.347. The fourth-order valence-electron chi connectivity index (χ4n) is 6.56. The minimum atomic E-state index is -1.72. The van der Waals surface area contributed by atoms with Gasteiger partial charge in [-0.25, -0.2) is 0 Å². The van der Waals surface area contributed by atoms with Gasteiger partial charge in [-0.2, -0.15) is 0 Å². The number of rotatable bonds is 5. The van der Waals surface area contributed by atoms with Gasteiger partial charge in [0.15, 0.2) is 23.6 Å². The van der Waals surface area contributed by atoms with Gasteiger partial charge >= 0.3 is 5.97 Å². The largest absolute Gasteiger partial charge is 0.507 e. The van der Waals surface area contributed by atoms with Crippen LogP contribution < -0.4 is 0 Å². The van der Waals surface area contributed by atoms with E-state index in [1.54, 1.807) is 13.8 Å². The number of carbonyl (C=O) groups excluding carboxylic acids is 3. The zero-order chi connectivity index (χ0) is 31.0. The Labute approximate surface area is 246 Å². The van der Waals surface area contributed by atoms with Gasteiger partial charge in [0.25, 0.3) is 0 Å². The van der Waals surface area contributed by atoms with E-state index < -0.39 is 84.0 Å². The van der Waals surface area contributed by atoms with Crippen molar-refractivity contribution in [1.29, 1.82) is 0 Å². The number of fused-ring (bicyclic) bond motifs is 4. The Balaban J connectivity index is 1.28. The Bertz CT molecular complexity index is 1540. The van der Waals surface area contributed by atoms with E-state index in [2.05, 4.69) is 0 Å². The standard InChI is InChI=1S/C31H32O12/c1-12-18(32)8-21-30(41-12)43-29-13(2)40-19(9-20(29)42-21)15-6-7-17-24(26(15)36)28(38)16-5-4-14(25(35)23(16)27(17)37)10-31(3,39)11-22(33)34/h4-7,12-13,19-21,29-30,35-36,39H,8-11H2,1-3H3,(H,33,34)/t12-,13+,19-,20+,21-,29+,30-,31+/m0/s1. The average Bonchev–Trinajstić information content (AvgIpc) is 2.91. The Kier molecular flexibility index (Phi) is 7.17. The number of ketones is 3. The Morgan fingerprint density at radius 2 is 1.56 bits per heavy atom. The third-order valence-electron chi connectivity index (χ3n) is 8.66. The molecular weight excluding hydrogens is 564 g/mol. The second kappa shape index (κ2) is 10.5. The molecule has 0 amide bonds. The molecule has 0 unspecified atom stereocenters. The molecule has 3 aliphatic heterocycles. The normalized spacial score (nSPS) is 31.3. The van der Waals surface area contributed by atoms with Crippen molar-refractivity contribution in [3.05, 3.63) is 57.6 Å². The van der Waals surface area contributed by atoms with Gasteiger partial charge < -0.3 is 39.4 Å². The summed E-state index contributed by atoms with van der Waals surface area (Å²) in [6, 6.07) is 5.55. The summed E-state index contributed by atoms with van der Waals surface area (Å²) in [6.45, 7) is 4.75. The van der Waals surface area contributed by atoms with Crippen molar-refractivity contribution in [2.24, 2.45) is 0 Å². The number of ether oxygens (including phenoxy) is 4. The first-order valence-corrected chi connectivity index (χ1v) is 14.1. The van der Waals surface area contributed by atoms with Crippen LogP contribution in [-0.2, 0) is 35.0 Å². The van der Waals surface area contributed by atoms with Crippen molar-refractivity contribution in [3.63, 3.8) is 0 Å². The van der Waals surface area contributed by atoms with Crippen molar-refractivity contribution in [3.8, 4) is 11.5 Å². The number of Topliss-reactive ketones (excluding diaryl/α,β-unsaturated/α-hetero) is 1. The zero-order valence-corrected chi connectivity index (χ0v) is 23.7. The van der Waals surface area contributed by atoms with Gasteiger partial charge in [-0.1, -0.05) is 12.1 Å². The maximum Gasteiger partial charge on any atom is 0.306 e. The predicted molar refractivity (Wildman–Crippen MR) is 145 cm³/mol. The summed E-state index contributed by atoms with van der Waals surface area (Å²) in [5.41, 5.74) is -2.09. The van der Waals surface area contributed by atoms with Crippen molar-refractivity contribution >= 4 is 23.3 Å². The minimum absolute atomic E-state index is 0.0838. The van der Waals surface area contributed by atoms with Crippen molar-refractivity contribution in [2.75, 3.05) is 0 Å². The summed E-state index contributed by atoms with van der Waals surface area (Å²) in [6.07, 6.45) is -4.53. The molecule has 0 spiro atoms. The topological polar surface area (TPSA) is 186 Å². The van der Waals surface area contributed by atoms with E-state index in [-0.39, 0.29) is 58.4 Å². The van der Waals surface area contributed by atoms with Crippen LogP contribution in [0.5, 0.6) is 11.5 Å². The van der Waals surface area contributed by atoms with E-state index in [1.807, 2.05) is 0 Å². The zero-order valence-electron chi connectivity index (χ0n) is 23.7. The van der Waals surface area contributed by atoms with Crippen LogP contribution in [0, 0.1) is 0 Å². The number of aromatic hydroxyl groups is 2. The monoisotopic (exact) mass is 596 g/mol. The smallest absolute Gasteiger partial charge is 0.306 e. The third-order valence-corrected chi connectivity index (χ3v) is 8.66. The maximum absolute atomic E-state index is 13.6. The summed E-state index contributed by atoms with van der Waals surface area (Å²) in [5.74, 6) is -3.66. The predicted octanol–water partition coefficient (Wildman–Crippen LogP) is 2.35. The molecule has 12 nitrogen and oxygen atoms in total. The number of carboxylic acids is 1. The number of hydrogen-bond acceptors (Lipinski definition) is 11. The molecule has 3 saturated heterocycles. The molecule has 12 heteroatoms. The van der Waals surface area contributed by atoms with Crippen molar-refractivity contribution < 1.29 is 58.6 Å². The van der Waals surface area contributed by atoms with Gasteiger partial charge in [-0.15, -0.1) is 0 Å². The summed E-state index contributed by atoms with van der Waals surface area (Å²) < 4.78 is 24.2. The first-order valence-electron chi connectivity index (χ1n) is 14.1. The number of aliphatic hydroxyl groups is 1. The molecule has 1 aliphatic carbocycles. The van der Waals surface area contributed by atoms with Crippen LogP contribution in [0.15, 0.2) is 24.3 Å². The summed E-state index contributed by atoms with van der Waals surface area (Å²) in [5, 5.41) is 41.9. The fraction of sp³-hybridized carbons (Fsp3) is 0.484. The average molecular weight is 597 g/mol. The Morgan fingerprint density at radius 1 is 0.907 bits per heavy atom. The summed E-state index contributed by atoms with van der Waals surface area (Å²) in [7, 11) is 0. The van der Waals surface area contributed by atoms with E-state index >= 15 is 0 Å². The van der Waals surface area contributed by atoms with E-state index in [4.69, 9.17) is 24.1 Å². The highest BCUT2D eigenvalue weighted by atomic mass is 16.7. The quantitative estimate of drug-likeness (QED) is 0.337. The molecule has 2 aromatic carbocycles. The number of carbonyl (C=O) groups is 4. The number of hydrogen-bond donors (Lipinski definition) is 4. The molecule has 0 radical (unpaired) electrons. The molecule has 3 heterocycles. The lowest BCUT2D eigenvalue weighted by Gasteiger charge is -2.49. The third kappa shape index (κ3) is 5.02. The second-order valence-corrected chi connectivity index (χ2v) is 12.0.